The zero-order valence-electron chi connectivity index (χ0n) is 23.7. The molecular weight excluding hydrogens is 520 g/mol. The molecule has 1 aliphatic heterocycles. The SMILES string of the molecule is CCOc1cc(C2/C(=C(\O)c3c(C)nc4ccccn34)C(=O)C(=O)N2Cc2cccnc2)ccc1OCCC(C)C. The number of pyridine rings is 2. The molecular formula is C32H34N4O5. The van der Waals surface area contributed by atoms with Gasteiger partial charge in [-0.2, -0.15) is 0 Å². The summed E-state index contributed by atoms with van der Waals surface area (Å²) < 4.78 is 13.7. The van der Waals surface area contributed by atoms with Gasteiger partial charge in [-0.05, 0) is 67.6 Å². The van der Waals surface area contributed by atoms with E-state index in [0.717, 1.165) is 12.0 Å². The lowest BCUT2D eigenvalue weighted by molar-refractivity contribution is -0.140. The molecule has 0 spiro atoms. The normalized spacial score (nSPS) is 16.6. The smallest absolute Gasteiger partial charge is 0.295 e. The van der Waals surface area contributed by atoms with Crippen molar-refractivity contribution in [2.24, 2.45) is 5.92 Å². The van der Waals surface area contributed by atoms with E-state index in [1.807, 2.05) is 37.3 Å². The summed E-state index contributed by atoms with van der Waals surface area (Å²) in [5.74, 6) is -0.183. The number of hydrogen-bond donors (Lipinski definition) is 1. The fourth-order valence-electron chi connectivity index (χ4n) is 5.09. The highest BCUT2D eigenvalue weighted by Crippen LogP contribution is 2.43. The highest BCUT2D eigenvalue weighted by atomic mass is 16.5. The van der Waals surface area contributed by atoms with Crippen LogP contribution in [0.4, 0.5) is 0 Å². The number of likely N-dealkylation sites (tertiary alicyclic amines) is 1. The quantitative estimate of drug-likeness (QED) is 0.157. The van der Waals surface area contributed by atoms with Crippen LogP contribution in [0.1, 0.15) is 55.7 Å². The number of amides is 1. The molecule has 0 radical (unpaired) electrons. The molecule has 41 heavy (non-hydrogen) atoms. The van der Waals surface area contributed by atoms with E-state index in [2.05, 4.69) is 23.8 Å². The molecule has 1 fully saturated rings. The molecule has 1 atom stereocenters. The molecule has 212 valence electrons. The Balaban J connectivity index is 1.66. The van der Waals surface area contributed by atoms with Crippen LogP contribution in [0.2, 0.25) is 0 Å². The summed E-state index contributed by atoms with van der Waals surface area (Å²) in [4.78, 5) is 37.4. The lowest BCUT2D eigenvalue weighted by Gasteiger charge is -2.26. The molecule has 1 aliphatic rings. The van der Waals surface area contributed by atoms with Gasteiger partial charge in [0.15, 0.2) is 17.3 Å². The molecule has 1 N–H and O–H groups in total. The molecule has 1 aromatic carbocycles. The first-order valence-corrected chi connectivity index (χ1v) is 13.8. The van der Waals surface area contributed by atoms with Crippen LogP contribution in [0.15, 0.2) is 72.7 Å². The Morgan fingerprint density at radius 1 is 1.07 bits per heavy atom. The Kier molecular flexibility index (Phi) is 8.05. The molecule has 0 aliphatic carbocycles. The third-order valence-electron chi connectivity index (χ3n) is 7.08. The molecule has 1 amide bonds. The first-order valence-electron chi connectivity index (χ1n) is 13.8. The number of aryl methyl sites for hydroxylation is 1. The molecule has 9 heteroatoms. The zero-order chi connectivity index (χ0) is 29.1. The van der Waals surface area contributed by atoms with Crippen LogP contribution in [0.3, 0.4) is 0 Å². The predicted molar refractivity (Wildman–Crippen MR) is 155 cm³/mol. The molecule has 0 saturated carbocycles. The summed E-state index contributed by atoms with van der Waals surface area (Å²) in [6.45, 7) is 8.97. The molecule has 4 heterocycles. The molecule has 1 unspecified atom stereocenters. The highest BCUT2D eigenvalue weighted by molar-refractivity contribution is 6.46. The number of ether oxygens (including phenoxy) is 2. The van der Waals surface area contributed by atoms with E-state index < -0.39 is 17.7 Å². The van der Waals surface area contributed by atoms with Crippen LogP contribution in [0.5, 0.6) is 11.5 Å². The molecule has 5 rings (SSSR count). The fraction of sp³-hybridized carbons (Fsp3) is 0.312. The van der Waals surface area contributed by atoms with Crippen molar-refractivity contribution < 1.29 is 24.2 Å². The predicted octanol–water partition coefficient (Wildman–Crippen LogP) is 5.48. The first kappa shape index (κ1) is 27.9. The van der Waals surface area contributed by atoms with Crippen LogP contribution >= 0.6 is 0 Å². The maximum Gasteiger partial charge on any atom is 0.295 e. The van der Waals surface area contributed by atoms with E-state index in [1.165, 1.54) is 4.90 Å². The molecule has 4 aromatic rings. The number of Topliss-reactive ketones (excluding diaryl/α,β-unsaturated/α-hetero) is 1. The Hall–Kier alpha value is -4.66. The number of ketones is 1. The molecule has 9 nitrogen and oxygen atoms in total. The number of carbonyl (C=O) groups excluding carboxylic acids is 2. The largest absolute Gasteiger partial charge is 0.505 e. The van der Waals surface area contributed by atoms with Crippen LogP contribution in [-0.4, -0.2) is 49.3 Å². The number of aliphatic hydroxyl groups excluding tert-OH is 1. The van der Waals surface area contributed by atoms with Crippen molar-refractivity contribution in [3.8, 4) is 11.5 Å². The van der Waals surface area contributed by atoms with Crippen molar-refractivity contribution in [1.29, 1.82) is 0 Å². The maximum atomic E-state index is 13.6. The number of imidazole rings is 1. The summed E-state index contributed by atoms with van der Waals surface area (Å²) in [5.41, 5.74) is 2.88. The Labute approximate surface area is 239 Å². The minimum absolute atomic E-state index is 0.0106. The van der Waals surface area contributed by atoms with Crippen LogP contribution in [0, 0.1) is 12.8 Å². The highest BCUT2D eigenvalue weighted by Gasteiger charge is 2.47. The van der Waals surface area contributed by atoms with Gasteiger partial charge >= 0.3 is 0 Å². The Morgan fingerprint density at radius 3 is 2.63 bits per heavy atom. The van der Waals surface area contributed by atoms with E-state index in [4.69, 9.17) is 9.47 Å². The minimum Gasteiger partial charge on any atom is -0.505 e. The first-order chi connectivity index (χ1) is 19.8. The summed E-state index contributed by atoms with van der Waals surface area (Å²) >= 11 is 0. The number of aromatic nitrogens is 3. The second-order valence-corrected chi connectivity index (χ2v) is 10.4. The van der Waals surface area contributed by atoms with Crippen molar-refractivity contribution in [2.45, 2.75) is 46.7 Å². The fourth-order valence-corrected chi connectivity index (χ4v) is 5.09. The minimum atomic E-state index is -0.882. The second kappa shape index (κ2) is 11.8. The maximum absolute atomic E-state index is 13.6. The lowest BCUT2D eigenvalue weighted by atomic mass is 9.95. The second-order valence-electron chi connectivity index (χ2n) is 10.4. The number of aliphatic hydroxyl groups is 1. The zero-order valence-corrected chi connectivity index (χ0v) is 23.7. The van der Waals surface area contributed by atoms with E-state index in [0.29, 0.717) is 53.2 Å². The third kappa shape index (κ3) is 5.52. The molecule has 0 bridgehead atoms. The molecule has 1 saturated heterocycles. The summed E-state index contributed by atoms with van der Waals surface area (Å²) in [6, 6.07) is 13.6. The van der Waals surface area contributed by atoms with Crippen molar-refractivity contribution in [2.75, 3.05) is 13.2 Å². The van der Waals surface area contributed by atoms with Crippen LogP contribution in [0.25, 0.3) is 11.4 Å². The third-order valence-corrected chi connectivity index (χ3v) is 7.08. The van der Waals surface area contributed by atoms with E-state index >= 15 is 0 Å². The topological polar surface area (TPSA) is 106 Å². The van der Waals surface area contributed by atoms with Crippen molar-refractivity contribution in [3.05, 3.63) is 95.2 Å². The van der Waals surface area contributed by atoms with Gasteiger partial charge in [-0.1, -0.05) is 32.0 Å². The van der Waals surface area contributed by atoms with Crippen molar-refractivity contribution in [3.63, 3.8) is 0 Å². The standard InChI is InChI=1S/C32H34N4O5/c1-5-40-25-17-23(11-12-24(25)41-16-13-20(2)3)29-27(30(37)28-21(4)34-26-10-6-7-15-35(26)28)31(38)32(39)36(29)19-22-9-8-14-33-18-22/h6-12,14-15,17-18,20,29,37H,5,13,16,19H2,1-4H3/b30-27+. The Morgan fingerprint density at radius 2 is 1.90 bits per heavy atom. The van der Waals surface area contributed by atoms with Gasteiger partial charge in [-0.25, -0.2) is 4.98 Å². The van der Waals surface area contributed by atoms with Crippen LogP contribution in [-0.2, 0) is 16.1 Å². The van der Waals surface area contributed by atoms with Crippen molar-refractivity contribution in [1.82, 2.24) is 19.3 Å². The lowest BCUT2D eigenvalue weighted by Crippen LogP contribution is -2.29. The number of benzene rings is 1. The number of carbonyl (C=O) groups is 2. The average Bonchev–Trinajstić information content (AvgIpc) is 3.42. The van der Waals surface area contributed by atoms with Gasteiger partial charge in [0.05, 0.1) is 30.5 Å². The summed E-state index contributed by atoms with van der Waals surface area (Å²) in [7, 11) is 0. The van der Waals surface area contributed by atoms with Gasteiger partial charge in [0, 0.05) is 25.1 Å². The Bertz CT molecular complexity index is 1610. The van der Waals surface area contributed by atoms with Crippen molar-refractivity contribution >= 4 is 23.1 Å². The average molecular weight is 555 g/mol. The molecule has 3 aromatic heterocycles. The summed E-state index contributed by atoms with van der Waals surface area (Å²) in [5, 5.41) is 11.7. The van der Waals surface area contributed by atoms with E-state index in [9.17, 15) is 14.7 Å². The van der Waals surface area contributed by atoms with Gasteiger partial charge in [0.2, 0.25) is 0 Å². The van der Waals surface area contributed by atoms with Gasteiger partial charge in [0.25, 0.3) is 11.7 Å². The number of hydrogen-bond acceptors (Lipinski definition) is 7. The van der Waals surface area contributed by atoms with Gasteiger partial charge < -0.3 is 19.5 Å². The van der Waals surface area contributed by atoms with Crippen LogP contribution < -0.4 is 9.47 Å². The summed E-state index contributed by atoms with van der Waals surface area (Å²) in [6.07, 6.45) is 5.95. The van der Waals surface area contributed by atoms with Gasteiger partial charge in [0.1, 0.15) is 11.3 Å². The van der Waals surface area contributed by atoms with Gasteiger partial charge in [-0.3, -0.25) is 19.0 Å². The number of nitrogens with zero attached hydrogens (tertiary/aromatic N) is 4. The van der Waals surface area contributed by atoms with E-state index in [-0.39, 0.29) is 17.9 Å². The van der Waals surface area contributed by atoms with Gasteiger partial charge in [-0.15, -0.1) is 0 Å². The number of rotatable bonds is 10. The number of fused-ring (bicyclic) bond motifs is 1. The monoisotopic (exact) mass is 554 g/mol. The van der Waals surface area contributed by atoms with E-state index in [1.54, 1.807) is 48.1 Å².